The molecule has 142 valence electrons. The second-order valence-corrected chi connectivity index (χ2v) is 7.53. The van der Waals surface area contributed by atoms with Crippen LogP contribution >= 0.6 is 0 Å². The molecule has 0 bridgehead atoms. The third-order valence-electron chi connectivity index (χ3n) is 5.46. The van der Waals surface area contributed by atoms with Gasteiger partial charge < -0.3 is 21.3 Å². The maximum Gasteiger partial charge on any atom is 0.315 e. The highest BCUT2D eigenvalue weighted by Crippen LogP contribution is 2.18. The average Bonchev–Trinajstić information content (AvgIpc) is 2.65. The molecule has 0 unspecified atom stereocenters. The molecule has 1 saturated heterocycles. The molecule has 1 aromatic carbocycles. The molecule has 1 saturated carbocycles. The minimum absolute atomic E-state index is 0.0523. The van der Waals surface area contributed by atoms with Gasteiger partial charge in [0.15, 0.2) is 0 Å². The molecule has 6 nitrogen and oxygen atoms in total. The van der Waals surface area contributed by atoms with Gasteiger partial charge in [-0.25, -0.2) is 4.79 Å². The largest absolute Gasteiger partial charge is 0.399 e. The molecular weight excluding hydrogens is 328 g/mol. The van der Waals surface area contributed by atoms with Crippen molar-refractivity contribution in [2.24, 2.45) is 0 Å². The molecule has 2 fully saturated rings. The van der Waals surface area contributed by atoms with E-state index in [-0.39, 0.29) is 18.0 Å². The molecule has 0 aromatic heterocycles. The quantitative estimate of drug-likeness (QED) is 0.723. The minimum Gasteiger partial charge on any atom is -0.399 e. The molecule has 6 heteroatoms. The van der Waals surface area contributed by atoms with E-state index in [4.69, 9.17) is 5.73 Å². The number of rotatable bonds is 4. The zero-order valence-electron chi connectivity index (χ0n) is 15.4. The maximum absolute atomic E-state index is 12.4. The normalized spacial score (nSPS) is 19.2. The van der Waals surface area contributed by atoms with E-state index in [1.54, 1.807) is 0 Å². The monoisotopic (exact) mass is 358 g/mol. The van der Waals surface area contributed by atoms with Gasteiger partial charge in [-0.15, -0.1) is 0 Å². The first-order chi connectivity index (χ1) is 12.6. The van der Waals surface area contributed by atoms with Gasteiger partial charge in [-0.05, 0) is 43.4 Å². The van der Waals surface area contributed by atoms with Gasteiger partial charge in [0.1, 0.15) is 0 Å². The second-order valence-electron chi connectivity index (χ2n) is 7.53. The summed E-state index contributed by atoms with van der Waals surface area (Å²) in [4.78, 5) is 26.5. The van der Waals surface area contributed by atoms with Crippen LogP contribution in [0.5, 0.6) is 0 Å². The van der Waals surface area contributed by atoms with Crippen molar-refractivity contribution in [1.82, 2.24) is 15.5 Å². The van der Waals surface area contributed by atoms with Crippen LogP contribution in [0, 0.1) is 0 Å². The van der Waals surface area contributed by atoms with Gasteiger partial charge >= 0.3 is 6.03 Å². The Kier molecular flexibility index (Phi) is 6.36. The van der Waals surface area contributed by atoms with Gasteiger partial charge in [-0.3, -0.25) is 4.79 Å². The third kappa shape index (κ3) is 5.38. The van der Waals surface area contributed by atoms with E-state index >= 15 is 0 Å². The zero-order valence-corrected chi connectivity index (χ0v) is 15.4. The highest BCUT2D eigenvalue weighted by atomic mass is 16.2. The first-order valence-corrected chi connectivity index (χ1v) is 9.79. The summed E-state index contributed by atoms with van der Waals surface area (Å²) in [6.07, 6.45) is 7.90. The third-order valence-corrected chi connectivity index (χ3v) is 5.46. The first kappa shape index (κ1) is 18.5. The summed E-state index contributed by atoms with van der Waals surface area (Å²) >= 11 is 0. The summed E-state index contributed by atoms with van der Waals surface area (Å²) in [7, 11) is 0. The van der Waals surface area contributed by atoms with Crippen LogP contribution in [0.2, 0.25) is 0 Å². The number of nitrogens with zero attached hydrogens (tertiary/aromatic N) is 1. The molecule has 0 radical (unpaired) electrons. The number of anilines is 1. The van der Waals surface area contributed by atoms with Crippen LogP contribution < -0.4 is 16.4 Å². The lowest BCUT2D eigenvalue weighted by Crippen LogP contribution is -2.51. The Morgan fingerprint density at radius 3 is 2.12 bits per heavy atom. The SMILES string of the molecule is Nc1ccc(CC(=O)N2CCC(NC(=O)NC3CCCCC3)CC2)cc1. The van der Waals surface area contributed by atoms with Gasteiger partial charge in [0.05, 0.1) is 6.42 Å². The van der Waals surface area contributed by atoms with Gasteiger partial charge in [0, 0.05) is 30.9 Å². The van der Waals surface area contributed by atoms with E-state index < -0.39 is 0 Å². The number of hydrogen-bond donors (Lipinski definition) is 3. The lowest BCUT2D eigenvalue weighted by atomic mass is 9.96. The van der Waals surface area contributed by atoms with Gasteiger partial charge in [0.25, 0.3) is 0 Å². The van der Waals surface area contributed by atoms with Crippen LogP contribution in [-0.2, 0) is 11.2 Å². The number of benzene rings is 1. The number of nitrogens with one attached hydrogen (secondary N) is 2. The topological polar surface area (TPSA) is 87.5 Å². The van der Waals surface area contributed by atoms with Crippen LogP contribution in [0.1, 0.15) is 50.5 Å². The van der Waals surface area contributed by atoms with Crippen molar-refractivity contribution in [2.45, 2.75) is 63.5 Å². The molecule has 2 aliphatic rings. The Balaban J connectivity index is 1.38. The van der Waals surface area contributed by atoms with Crippen LogP contribution in [0.25, 0.3) is 0 Å². The van der Waals surface area contributed by atoms with E-state index in [0.29, 0.717) is 31.2 Å². The number of urea groups is 1. The van der Waals surface area contributed by atoms with Crippen molar-refractivity contribution in [3.8, 4) is 0 Å². The molecule has 1 aliphatic carbocycles. The number of carbonyl (C=O) groups excluding carboxylic acids is 2. The van der Waals surface area contributed by atoms with Crippen LogP contribution in [-0.4, -0.2) is 42.0 Å². The Labute approximate surface area is 155 Å². The highest BCUT2D eigenvalue weighted by molar-refractivity contribution is 5.79. The number of nitrogens with two attached hydrogens (primary N) is 1. The molecule has 0 spiro atoms. The lowest BCUT2D eigenvalue weighted by Gasteiger charge is -2.33. The zero-order chi connectivity index (χ0) is 18.4. The molecule has 3 amide bonds. The number of amides is 3. The number of carbonyl (C=O) groups is 2. The molecule has 3 rings (SSSR count). The lowest BCUT2D eigenvalue weighted by molar-refractivity contribution is -0.131. The summed E-state index contributed by atoms with van der Waals surface area (Å²) in [6.45, 7) is 1.39. The van der Waals surface area contributed by atoms with E-state index in [1.807, 2.05) is 29.2 Å². The van der Waals surface area contributed by atoms with Crippen molar-refractivity contribution >= 4 is 17.6 Å². The Hall–Kier alpha value is -2.24. The Morgan fingerprint density at radius 1 is 0.923 bits per heavy atom. The maximum atomic E-state index is 12.4. The van der Waals surface area contributed by atoms with Crippen LogP contribution in [0.3, 0.4) is 0 Å². The standard InChI is InChI=1S/C20H30N4O2/c21-16-8-6-15(7-9-16)14-19(25)24-12-10-18(11-13-24)23-20(26)22-17-4-2-1-3-5-17/h6-9,17-18H,1-5,10-14,21H2,(H2,22,23,26). The summed E-state index contributed by atoms with van der Waals surface area (Å²) in [5.41, 5.74) is 7.37. The van der Waals surface area contributed by atoms with Crippen molar-refractivity contribution in [2.75, 3.05) is 18.8 Å². The average molecular weight is 358 g/mol. The molecule has 26 heavy (non-hydrogen) atoms. The van der Waals surface area contributed by atoms with Crippen molar-refractivity contribution in [1.29, 1.82) is 0 Å². The molecular formula is C20H30N4O2. The minimum atomic E-state index is -0.0523. The smallest absolute Gasteiger partial charge is 0.315 e. The summed E-state index contributed by atoms with van der Waals surface area (Å²) in [5, 5.41) is 6.18. The Morgan fingerprint density at radius 2 is 1.50 bits per heavy atom. The molecule has 1 aliphatic heterocycles. The Bertz CT molecular complexity index is 603. The van der Waals surface area contributed by atoms with E-state index in [0.717, 1.165) is 31.2 Å². The molecule has 1 heterocycles. The highest BCUT2D eigenvalue weighted by Gasteiger charge is 2.24. The van der Waals surface area contributed by atoms with Crippen molar-refractivity contribution in [3.63, 3.8) is 0 Å². The number of hydrogen-bond acceptors (Lipinski definition) is 3. The van der Waals surface area contributed by atoms with E-state index in [1.165, 1.54) is 19.3 Å². The fraction of sp³-hybridized carbons (Fsp3) is 0.600. The molecule has 0 atom stereocenters. The van der Waals surface area contributed by atoms with Crippen LogP contribution in [0.4, 0.5) is 10.5 Å². The van der Waals surface area contributed by atoms with Gasteiger partial charge in [-0.2, -0.15) is 0 Å². The van der Waals surface area contributed by atoms with E-state index in [2.05, 4.69) is 10.6 Å². The molecule has 4 N–H and O–H groups in total. The van der Waals surface area contributed by atoms with Crippen LogP contribution in [0.15, 0.2) is 24.3 Å². The fourth-order valence-electron chi connectivity index (χ4n) is 3.85. The predicted octanol–water partition coefficient (Wildman–Crippen LogP) is 2.43. The van der Waals surface area contributed by atoms with Gasteiger partial charge in [0.2, 0.25) is 5.91 Å². The number of nitrogen functional groups attached to an aromatic ring is 1. The second kappa shape index (κ2) is 8.92. The summed E-state index contributed by atoms with van der Waals surface area (Å²) < 4.78 is 0. The number of likely N-dealkylation sites (tertiary alicyclic amines) is 1. The summed E-state index contributed by atoms with van der Waals surface area (Å²) in [5.74, 6) is 0.139. The summed E-state index contributed by atoms with van der Waals surface area (Å²) in [6, 6.07) is 7.87. The predicted molar refractivity (Wildman–Crippen MR) is 103 cm³/mol. The molecule has 1 aromatic rings. The van der Waals surface area contributed by atoms with Crippen molar-refractivity contribution in [3.05, 3.63) is 29.8 Å². The fourth-order valence-corrected chi connectivity index (χ4v) is 3.85. The number of piperidine rings is 1. The van der Waals surface area contributed by atoms with Crippen molar-refractivity contribution < 1.29 is 9.59 Å². The van der Waals surface area contributed by atoms with Gasteiger partial charge in [-0.1, -0.05) is 31.4 Å². The first-order valence-electron chi connectivity index (χ1n) is 9.79. The van der Waals surface area contributed by atoms with E-state index in [9.17, 15) is 9.59 Å².